The topological polar surface area (TPSA) is 58.4 Å². The Morgan fingerprint density at radius 2 is 1.85 bits per heavy atom. The van der Waals surface area contributed by atoms with Gasteiger partial charge in [0, 0.05) is 37.0 Å². The molecule has 0 spiro atoms. The third-order valence-electron chi connectivity index (χ3n) is 5.58. The molecule has 0 radical (unpaired) electrons. The zero-order chi connectivity index (χ0) is 23.4. The Morgan fingerprint density at radius 1 is 1.06 bits per heavy atom. The molecule has 2 aromatic heterocycles. The van der Waals surface area contributed by atoms with Crippen LogP contribution in [0.4, 0.5) is 0 Å². The first-order valence-electron chi connectivity index (χ1n) is 10.9. The van der Waals surface area contributed by atoms with Crippen molar-refractivity contribution >= 4 is 27.0 Å². The van der Waals surface area contributed by atoms with Gasteiger partial charge in [-0.3, -0.25) is 0 Å². The molecule has 0 fully saturated rings. The van der Waals surface area contributed by atoms with Crippen molar-refractivity contribution in [3.63, 3.8) is 0 Å². The van der Waals surface area contributed by atoms with Crippen LogP contribution in [0.3, 0.4) is 0 Å². The first-order chi connectivity index (χ1) is 16.0. The molecule has 2 aromatic carbocycles. The van der Waals surface area contributed by atoms with Crippen LogP contribution in [0.5, 0.6) is 11.6 Å². The van der Waals surface area contributed by atoms with Gasteiger partial charge < -0.3 is 18.8 Å². The smallest absolute Gasteiger partial charge is 0.213 e. The summed E-state index contributed by atoms with van der Waals surface area (Å²) in [6.45, 7) is 5.95. The second-order valence-electron chi connectivity index (χ2n) is 8.06. The molecule has 0 saturated heterocycles. The Hall–Kier alpha value is -2.90. The standard InChI is InChI=1S/C26H28BrN3O3/c1-17(2)18-8-10-19(11-9-18)26-29-24-23(27)20(16-33-22-7-5-6-12-28-22)15-21(32-4)25(24)30(26)13-14-31-3/h5-12,15,17H,13-14,16H2,1-4H3. The van der Waals surface area contributed by atoms with Crippen molar-refractivity contribution in [3.8, 4) is 23.0 Å². The number of imidazole rings is 1. The van der Waals surface area contributed by atoms with Crippen molar-refractivity contribution in [2.75, 3.05) is 20.8 Å². The number of hydrogen-bond donors (Lipinski definition) is 0. The third-order valence-corrected chi connectivity index (χ3v) is 6.47. The van der Waals surface area contributed by atoms with Gasteiger partial charge in [-0.25, -0.2) is 9.97 Å². The molecule has 0 atom stereocenters. The minimum atomic E-state index is 0.341. The van der Waals surface area contributed by atoms with E-state index in [1.807, 2.05) is 24.3 Å². The zero-order valence-electron chi connectivity index (χ0n) is 19.3. The molecule has 0 amide bonds. The van der Waals surface area contributed by atoms with Crippen LogP contribution in [0.2, 0.25) is 0 Å². The van der Waals surface area contributed by atoms with Crippen LogP contribution in [0.25, 0.3) is 22.4 Å². The number of ether oxygens (including phenoxy) is 3. The summed E-state index contributed by atoms with van der Waals surface area (Å²) >= 11 is 3.77. The molecule has 0 aliphatic heterocycles. The lowest BCUT2D eigenvalue weighted by Gasteiger charge is -2.14. The number of halogens is 1. The maximum absolute atomic E-state index is 5.89. The highest BCUT2D eigenvalue weighted by atomic mass is 79.9. The summed E-state index contributed by atoms with van der Waals surface area (Å²) in [6.07, 6.45) is 1.71. The van der Waals surface area contributed by atoms with Crippen LogP contribution >= 0.6 is 15.9 Å². The Labute approximate surface area is 202 Å². The number of aromatic nitrogens is 3. The molecule has 0 aliphatic rings. The van der Waals surface area contributed by atoms with Crippen molar-refractivity contribution in [1.82, 2.24) is 14.5 Å². The molecule has 0 bridgehead atoms. The predicted molar refractivity (Wildman–Crippen MR) is 134 cm³/mol. The van der Waals surface area contributed by atoms with E-state index < -0.39 is 0 Å². The molecular weight excluding hydrogens is 482 g/mol. The second-order valence-corrected chi connectivity index (χ2v) is 8.86. The third kappa shape index (κ3) is 4.89. The maximum Gasteiger partial charge on any atom is 0.213 e. The van der Waals surface area contributed by atoms with E-state index in [-0.39, 0.29) is 0 Å². The molecule has 2 heterocycles. The van der Waals surface area contributed by atoms with E-state index in [0.29, 0.717) is 31.6 Å². The molecule has 6 nitrogen and oxygen atoms in total. The van der Waals surface area contributed by atoms with E-state index in [0.717, 1.165) is 38.2 Å². The first kappa shape index (κ1) is 23.3. The van der Waals surface area contributed by atoms with Crippen LogP contribution in [-0.4, -0.2) is 35.4 Å². The minimum Gasteiger partial charge on any atom is -0.494 e. The van der Waals surface area contributed by atoms with Gasteiger partial charge in [0.1, 0.15) is 29.2 Å². The highest BCUT2D eigenvalue weighted by molar-refractivity contribution is 9.10. The number of benzene rings is 2. The number of fused-ring (bicyclic) bond motifs is 1. The van der Waals surface area contributed by atoms with Gasteiger partial charge in [-0.2, -0.15) is 0 Å². The highest BCUT2D eigenvalue weighted by Gasteiger charge is 2.21. The Bertz CT molecular complexity index is 1220. The molecule has 33 heavy (non-hydrogen) atoms. The quantitative estimate of drug-likeness (QED) is 0.268. The Morgan fingerprint density at radius 3 is 2.48 bits per heavy atom. The van der Waals surface area contributed by atoms with E-state index in [4.69, 9.17) is 19.2 Å². The van der Waals surface area contributed by atoms with Crippen molar-refractivity contribution < 1.29 is 14.2 Å². The van der Waals surface area contributed by atoms with Crippen molar-refractivity contribution in [3.05, 3.63) is 70.3 Å². The lowest BCUT2D eigenvalue weighted by molar-refractivity contribution is 0.188. The van der Waals surface area contributed by atoms with Crippen molar-refractivity contribution in [1.29, 1.82) is 0 Å². The lowest BCUT2D eigenvalue weighted by atomic mass is 10.0. The van der Waals surface area contributed by atoms with Gasteiger partial charge in [0.15, 0.2) is 0 Å². The van der Waals surface area contributed by atoms with Crippen molar-refractivity contribution in [2.24, 2.45) is 0 Å². The van der Waals surface area contributed by atoms with Crippen molar-refractivity contribution in [2.45, 2.75) is 32.9 Å². The predicted octanol–water partition coefficient (Wildman–Crippen LogP) is 6.22. The van der Waals surface area contributed by atoms with Gasteiger partial charge in [0.05, 0.1) is 18.2 Å². The summed E-state index contributed by atoms with van der Waals surface area (Å²) in [7, 11) is 3.38. The molecule has 4 aromatic rings. The van der Waals surface area contributed by atoms with E-state index in [9.17, 15) is 0 Å². The minimum absolute atomic E-state index is 0.341. The van der Waals surface area contributed by atoms with Gasteiger partial charge in [-0.15, -0.1) is 0 Å². The van der Waals surface area contributed by atoms with E-state index >= 15 is 0 Å². The summed E-state index contributed by atoms with van der Waals surface area (Å²) < 4.78 is 20.1. The van der Waals surface area contributed by atoms with E-state index in [2.05, 4.69) is 63.6 Å². The summed E-state index contributed by atoms with van der Waals surface area (Å²) in [5, 5.41) is 0. The summed E-state index contributed by atoms with van der Waals surface area (Å²) in [4.78, 5) is 9.28. The van der Waals surface area contributed by atoms with Crippen LogP contribution < -0.4 is 9.47 Å². The largest absolute Gasteiger partial charge is 0.494 e. The number of methoxy groups -OCH3 is 2. The number of pyridine rings is 1. The van der Waals surface area contributed by atoms with Gasteiger partial charge in [0.2, 0.25) is 5.88 Å². The van der Waals surface area contributed by atoms with Crippen LogP contribution in [-0.2, 0) is 17.9 Å². The lowest BCUT2D eigenvalue weighted by Crippen LogP contribution is -2.07. The van der Waals surface area contributed by atoms with Gasteiger partial charge in [0.25, 0.3) is 0 Å². The van der Waals surface area contributed by atoms with Gasteiger partial charge in [-0.1, -0.05) is 44.2 Å². The molecular formula is C26H28BrN3O3. The molecule has 7 heteroatoms. The molecule has 4 rings (SSSR count). The summed E-state index contributed by atoms with van der Waals surface area (Å²) in [6, 6.07) is 16.2. The zero-order valence-corrected chi connectivity index (χ0v) is 20.9. The van der Waals surface area contributed by atoms with Gasteiger partial charge >= 0.3 is 0 Å². The number of nitrogens with zero attached hydrogens (tertiary/aromatic N) is 3. The normalized spacial score (nSPS) is 11.3. The summed E-state index contributed by atoms with van der Waals surface area (Å²) in [5.74, 6) is 2.66. The average Bonchev–Trinajstić information content (AvgIpc) is 3.23. The fourth-order valence-corrected chi connectivity index (χ4v) is 4.29. The van der Waals surface area contributed by atoms with Gasteiger partial charge in [-0.05, 0) is 39.5 Å². The molecule has 172 valence electrons. The van der Waals surface area contributed by atoms with E-state index in [1.54, 1.807) is 20.4 Å². The Balaban J connectivity index is 1.81. The highest BCUT2D eigenvalue weighted by Crippen LogP contribution is 2.38. The number of rotatable bonds is 9. The maximum atomic E-state index is 5.89. The first-order valence-corrected chi connectivity index (χ1v) is 11.7. The van der Waals surface area contributed by atoms with Crippen LogP contribution in [0.15, 0.2) is 59.2 Å². The fraction of sp³-hybridized carbons (Fsp3) is 0.308. The summed E-state index contributed by atoms with van der Waals surface area (Å²) in [5.41, 5.74) is 5.03. The fourth-order valence-electron chi connectivity index (χ4n) is 3.78. The number of hydrogen-bond acceptors (Lipinski definition) is 5. The SMILES string of the molecule is COCCn1c(-c2ccc(C(C)C)cc2)nc2c(Br)c(COc3ccccn3)cc(OC)c21. The second kappa shape index (κ2) is 10.4. The average molecular weight is 510 g/mol. The monoisotopic (exact) mass is 509 g/mol. The Kier molecular flexibility index (Phi) is 7.30. The molecule has 0 aliphatic carbocycles. The molecule has 0 saturated carbocycles. The molecule has 0 N–H and O–H groups in total. The van der Waals surface area contributed by atoms with E-state index in [1.165, 1.54) is 5.56 Å². The molecule has 0 unspecified atom stereocenters. The van der Waals surface area contributed by atoms with Crippen LogP contribution in [0, 0.1) is 0 Å². The van der Waals surface area contributed by atoms with Crippen LogP contribution in [0.1, 0.15) is 30.9 Å².